The van der Waals surface area contributed by atoms with Crippen LogP contribution >= 0.6 is 23.2 Å². The molecule has 30 heavy (non-hydrogen) atoms. The minimum Gasteiger partial charge on any atom is -0.497 e. The minimum absolute atomic E-state index is 0.0449. The second-order valence-electron chi connectivity index (χ2n) is 7.20. The molecule has 2 amide bonds. The van der Waals surface area contributed by atoms with Gasteiger partial charge in [-0.05, 0) is 29.8 Å². The van der Waals surface area contributed by atoms with Crippen LogP contribution in [0, 0.1) is 11.8 Å². The topological polar surface area (TPSA) is 93.1 Å². The van der Waals surface area contributed by atoms with E-state index in [9.17, 15) is 19.5 Å². The summed E-state index contributed by atoms with van der Waals surface area (Å²) in [7, 11) is 2.99. The fourth-order valence-corrected chi connectivity index (χ4v) is 4.66. The number of nitrogens with zero attached hydrogens (tertiary/aromatic N) is 1. The van der Waals surface area contributed by atoms with E-state index in [2.05, 4.69) is 0 Å². The molecule has 2 fully saturated rings. The molecule has 7 nitrogen and oxygen atoms in total. The first kappa shape index (κ1) is 20.5. The molecule has 0 spiro atoms. The molecule has 156 valence electrons. The summed E-state index contributed by atoms with van der Waals surface area (Å²) >= 11 is 12.1. The van der Waals surface area contributed by atoms with E-state index in [1.54, 1.807) is 24.3 Å². The minimum atomic E-state index is -1.48. The van der Waals surface area contributed by atoms with Crippen LogP contribution in [0.1, 0.15) is 11.1 Å². The van der Waals surface area contributed by atoms with Crippen molar-refractivity contribution in [3.8, 4) is 11.5 Å². The average molecular weight is 450 g/mol. The second-order valence-corrected chi connectivity index (χ2v) is 8.01. The van der Waals surface area contributed by atoms with Gasteiger partial charge in [0, 0.05) is 11.6 Å². The van der Waals surface area contributed by atoms with E-state index < -0.39 is 35.0 Å². The number of rotatable bonds is 6. The number of benzene rings is 2. The van der Waals surface area contributed by atoms with E-state index in [4.69, 9.17) is 32.7 Å². The molecule has 0 radical (unpaired) electrons. The monoisotopic (exact) mass is 449 g/mol. The van der Waals surface area contributed by atoms with Crippen LogP contribution in [0.25, 0.3) is 0 Å². The summed E-state index contributed by atoms with van der Waals surface area (Å²) in [5.41, 5.74) is -0.508. The van der Waals surface area contributed by atoms with Crippen molar-refractivity contribution in [1.29, 1.82) is 0 Å². The summed E-state index contributed by atoms with van der Waals surface area (Å²) in [4.78, 5) is 39.4. The number of methoxy groups -OCH3 is 2. The normalized spacial score (nSPS) is 24.6. The van der Waals surface area contributed by atoms with Crippen LogP contribution < -0.4 is 9.47 Å². The van der Waals surface area contributed by atoms with E-state index in [-0.39, 0.29) is 16.6 Å². The van der Waals surface area contributed by atoms with Crippen LogP contribution in [0.4, 0.5) is 0 Å². The number of aliphatic carboxylic acids is 1. The van der Waals surface area contributed by atoms with E-state index >= 15 is 0 Å². The molecular formula is C21H17Cl2NO6. The fourth-order valence-electron chi connectivity index (χ4n) is 4.36. The summed E-state index contributed by atoms with van der Waals surface area (Å²) in [6.45, 7) is -0.0449. The maximum absolute atomic E-state index is 13.4. The summed E-state index contributed by atoms with van der Waals surface area (Å²) in [5.74, 6) is -3.40. The molecule has 2 aliphatic rings. The SMILES string of the molecule is COc1ccc(CN2C(=O)C3C(C(=O)O)C3(c3ccc(Cl)c(Cl)c3)C2=O)c(OC)c1. The van der Waals surface area contributed by atoms with Gasteiger partial charge in [0.05, 0.1) is 42.6 Å². The summed E-state index contributed by atoms with van der Waals surface area (Å²) in [5, 5.41) is 10.1. The molecule has 0 bridgehead atoms. The zero-order valence-corrected chi connectivity index (χ0v) is 17.5. The maximum atomic E-state index is 13.4. The molecule has 1 aliphatic heterocycles. The highest BCUT2D eigenvalue weighted by atomic mass is 35.5. The lowest BCUT2D eigenvalue weighted by molar-refractivity contribution is -0.149. The van der Waals surface area contributed by atoms with E-state index in [0.29, 0.717) is 22.6 Å². The van der Waals surface area contributed by atoms with Gasteiger partial charge in [-0.15, -0.1) is 0 Å². The first-order chi connectivity index (χ1) is 14.3. The van der Waals surface area contributed by atoms with Crippen molar-refractivity contribution in [2.75, 3.05) is 14.2 Å². The molecule has 2 aromatic carbocycles. The van der Waals surface area contributed by atoms with Crippen LogP contribution in [0.15, 0.2) is 36.4 Å². The van der Waals surface area contributed by atoms with Crippen molar-refractivity contribution in [3.63, 3.8) is 0 Å². The van der Waals surface area contributed by atoms with Gasteiger partial charge in [-0.1, -0.05) is 29.3 Å². The van der Waals surface area contributed by atoms with Crippen molar-refractivity contribution < 1.29 is 29.0 Å². The number of fused-ring (bicyclic) bond motifs is 1. The summed E-state index contributed by atoms with van der Waals surface area (Å²) < 4.78 is 10.5. The lowest BCUT2D eigenvalue weighted by atomic mass is 9.91. The number of imide groups is 1. The Hall–Kier alpha value is -2.77. The standard InChI is InChI=1S/C21H17Cl2NO6/c1-29-12-5-3-10(15(8-12)30-2)9-24-18(25)16-17(19(26)27)21(16,20(24)28)11-4-6-13(22)14(23)7-11/h3-8,16-17H,9H2,1-2H3,(H,26,27). The molecule has 9 heteroatoms. The number of carbonyl (C=O) groups excluding carboxylic acids is 2. The smallest absolute Gasteiger partial charge is 0.308 e. The third kappa shape index (κ3) is 2.76. The van der Waals surface area contributed by atoms with Crippen LogP contribution in [-0.4, -0.2) is 42.0 Å². The van der Waals surface area contributed by atoms with Gasteiger partial charge < -0.3 is 14.6 Å². The lowest BCUT2D eigenvalue weighted by Crippen LogP contribution is -2.39. The van der Waals surface area contributed by atoms with Gasteiger partial charge in [-0.25, -0.2) is 0 Å². The number of amides is 2. The summed E-state index contributed by atoms with van der Waals surface area (Å²) in [6.07, 6.45) is 0. The third-order valence-corrected chi connectivity index (χ3v) is 6.56. The highest BCUT2D eigenvalue weighted by Crippen LogP contribution is 2.66. The Labute approximate surface area is 182 Å². The zero-order valence-electron chi connectivity index (χ0n) is 16.0. The molecule has 1 aliphatic carbocycles. The van der Waals surface area contributed by atoms with Crippen LogP contribution in [0.3, 0.4) is 0 Å². The average Bonchev–Trinajstić information content (AvgIpc) is 3.39. The number of piperidine rings is 1. The summed E-state index contributed by atoms with van der Waals surface area (Å²) in [6, 6.07) is 9.54. The Kier molecular flexibility index (Phi) is 4.91. The molecule has 1 saturated heterocycles. The van der Waals surface area contributed by atoms with Gasteiger partial charge in [-0.2, -0.15) is 0 Å². The molecule has 1 N–H and O–H groups in total. The fraction of sp³-hybridized carbons (Fsp3) is 0.286. The van der Waals surface area contributed by atoms with Gasteiger partial charge in [0.15, 0.2) is 0 Å². The molecule has 2 aromatic rings. The highest BCUT2D eigenvalue weighted by molar-refractivity contribution is 6.42. The number of hydrogen-bond acceptors (Lipinski definition) is 5. The molecule has 1 saturated carbocycles. The lowest BCUT2D eigenvalue weighted by Gasteiger charge is -2.23. The Bertz CT molecular complexity index is 1090. The number of carboxylic acids is 1. The quantitative estimate of drug-likeness (QED) is 0.680. The number of carboxylic acid groups (broad SMARTS) is 1. The Morgan fingerprint density at radius 3 is 2.43 bits per heavy atom. The Morgan fingerprint density at radius 1 is 1.10 bits per heavy atom. The van der Waals surface area contributed by atoms with Crippen molar-refractivity contribution in [3.05, 3.63) is 57.6 Å². The number of likely N-dealkylation sites (tertiary alicyclic amines) is 1. The molecular weight excluding hydrogens is 433 g/mol. The van der Waals surface area contributed by atoms with Gasteiger partial charge in [-0.3, -0.25) is 19.3 Å². The predicted octanol–water partition coefficient (Wildman–Crippen LogP) is 3.15. The zero-order chi connectivity index (χ0) is 21.8. The van der Waals surface area contributed by atoms with Crippen molar-refractivity contribution in [2.45, 2.75) is 12.0 Å². The number of halogens is 2. The van der Waals surface area contributed by atoms with Gasteiger partial charge in [0.25, 0.3) is 0 Å². The number of hydrogen-bond donors (Lipinski definition) is 1. The molecule has 3 unspecified atom stereocenters. The molecule has 0 aromatic heterocycles. The third-order valence-electron chi connectivity index (χ3n) is 5.82. The Morgan fingerprint density at radius 2 is 1.83 bits per heavy atom. The van der Waals surface area contributed by atoms with E-state index in [1.807, 2.05) is 0 Å². The van der Waals surface area contributed by atoms with Gasteiger partial charge >= 0.3 is 5.97 Å². The van der Waals surface area contributed by atoms with E-state index in [0.717, 1.165) is 4.90 Å². The highest BCUT2D eigenvalue weighted by Gasteiger charge is 2.82. The molecule has 1 heterocycles. The Balaban J connectivity index is 1.73. The van der Waals surface area contributed by atoms with E-state index in [1.165, 1.54) is 26.4 Å². The number of carbonyl (C=O) groups is 3. The van der Waals surface area contributed by atoms with Crippen molar-refractivity contribution in [1.82, 2.24) is 4.90 Å². The van der Waals surface area contributed by atoms with Crippen molar-refractivity contribution >= 4 is 41.0 Å². The van der Waals surface area contributed by atoms with Crippen LogP contribution in [0.5, 0.6) is 11.5 Å². The van der Waals surface area contributed by atoms with Gasteiger partial charge in [0.1, 0.15) is 16.9 Å². The van der Waals surface area contributed by atoms with Gasteiger partial charge in [0.2, 0.25) is 11.8 Å². The van der Waals surface area contributed by atoms with Crippen LogP contribution in [0.2, 0.25) is 10.0 Å². The predicted molar refractivity (Wildman–Crippen MR) is 108 cm³/mol. The molecule has 4 rings (SSSR count). The maximum Gasteiger partial charge on any atom is 0.308 e. The second kappa shape index (κ2) is 7.18. The number of ether oxygens (including phenoxy) is 2. The van der Waals surface area contributed by atoms with Crippen LogP contribution in [-0.2, 0) is 26.3 Å². The first-order valence-corrected chi connectivity index (χ1v) is 9.78. The largest absolute Gasteiger partial charge is 0.497 e. The first-order valence-electron chi connectivity index (χ1n) is 9.02. The molecule has 3 atom stereocenters. The van der Waals surface area contributed by atoms with Crippen molar-refractivity contribution in [2.24, 2.45) is 11.8 Å².